The maximum atomic E-state index is 13.5. The van der Waals surface area contributed by atoms with Crippen molar-refractivity contribution in [1.29, 1.82) is 0 Å². The third-order valence-electron chi connectivity index (χ3n) is 5.82. The monoisotopic (exact) mass is 306 g/mol. The Morgan fingerprint density at radius 2 is 1.19 bits per heavy atom. The molecule has 3 heteroatoms. The van der Waals surface area contributed by atoms with E-state index in [1.54, 1.807) is 0 Å². The molecule has 2 aliphatic rings. The Balaban J connectivity index is 2.58. The maximum absolute atomic E-state index is 13.5. The number of sulfone groups is 1. The van der Waals surface area contributed by atoms with Crippen LogP contribution in [0.15, 0.2) is 47.6 Å². The molecule has 0 spiro atoms. The molecule has 0 aromatic rings. The smallest absolute Gasteiger partial charge is 0.169 e. The van der Waals surface area contributed by atoms with Crippen molar-refractivity contribution in [2.75, 3.05) is 0 Å². The number of hydrogen-bond donors (Lipinski definition) is 0. The van der Waals surface area contributed by atoms with Crippen LogP contribution in [0.25, 0.3) is 0 Å². The van der Waals surface area contributed by atoms with Crippen molar-refractivity contribution in [2.45, 2.75) is 51.0 Å². The average molecular weight is 306 g/mol. The highest BCUT2D eigenvalue weighted by Crippen LogP contribution is 2.46. The minimum absolute atomic E-state index is 0.0175. The number of hydrogen-bond acceptors (Lipinski definition) is 2. The van der Waals surface area contributed by atoms with E-state index in [2.05, 4.69) is 0 Å². The molecule has 21 heavy (non-hydrogen) atoms. The largest absolute Gasteiger partial charge is 0.227 e. The molecule has 0 aromatic heterocycles. The lowest BCUT2D eigenvalue weighted by molar-refractivity contribution is 0.447. The van der Waals surface area contributed by atoms with Gasteiger partial charge in [0.25, 0.3) is 0 Å². The highest BCUT2D eigenvalue weighted by Gasteiger charge is 2.55. The Hall–Kier alpha value is -1.09. The van der Waals surface area contributed by atoms with Gasteiger partial charge in [0.1, 0.15) is 0 Å². The van der Waals surface area contributed by atoms with Crippen LogP contribution in [-0.2, 0) is 9.84 Å². The first-order valence-electron chi connectivity index (χ1n) is 7.54. The number of allylic oxidation sites excluding steroid dienone is 6. The molecule has 4 atom stereocenters. The summed E-state index contributed by atoms with van der Waals surface area (Å²) in [5.41, 5.74) is 2.23. The SMILES string of the molecule is CC1=CC=CC(C)(S(=O)(=O)C2(C)C=CC=C(C)C2C)C1C. The molecule has 0 radical (unpaired) electrons. The molecule has 0 heterocycles. The van der Waals surface area contributed by atoms with Crippen LogP contribution < -0.4 is 0 Å². The van der Waals surface area contributed by atoms with Crippen molar-refractivity contribution >= 4 is 9.84 Å². The first kappa shape index (κ1) is 16.3. The molecular formula is C18H26O2S. The van der Waals surface area contributed by atoms with Gasteiger partial charge in [0.05, 0.1) is 9.49 Å². The molecule has 4 unspecified atom stereocenters. The van der Waals surface area contributed by atoms with Crippen LogP contribution in [0.4, 0.5) is 0 Å². The van der Waals surface area contributed by atoms with E-state index < -0.39 is 19.3 Å². The van der Waals surface area contributed by atoms with E-state index in [1.807, 2.05) is 78.0 Å². The molecule has 0 saturated heterocycles. The average Bonchev–Trinajstić information content (AvgIpc) is 2.41. The topological polar surface area (TPSA) is 34.1 Å². The summed E-state index contributed by atoms with van der Waals surface area (Å²) in [6, 6.07) is 0. The van der Waals surface area contributed by atoms with Gasteiger partial charge in [0.15, 0.2) is 9.84 Å². The lowest BCUT2D eigenvalue weighted by Gasteiger charge is -2.45. The van der Waals surface area contributed by atoms with Crippen LogP contribution in [0.2, 0.25) is 0 Å². The Labute approximate surface area is 129 Å². The summed E-state index contributed by atoms with van der Waals surface area (Å²) in [4.78, 5) is 0. The molecule has 2 rings (SSSR count). The van der Waals surface area contributed by atoms with Crippen molar-refractivity contribution in [1.82, 2.24) is 0 Å². The normalized spacial score (nSPS) is 39.9. The Kier molecular flexibility index (Phi) is 3.86. The fraction of sp³-hybridized carbons (Fsp3) is 0.556. The summed E-state index contributed by atoms with van der Waals surface area (Å²) in [7, 11) is -3.40. The molecule has 0 bridgehead atoms. The molecule has 2 aliphatic carbocycles. The zero-order chi connectivity index (χ0) is 16.1. The first-order chi connectivity index (χ1) is 9.58. The lowest BCUT2D eigenvalue weighted by Crippen LogP contribution is -2.54. The van der Waals surface area contributed by atoms with Gasteiger partial charge in [-0.1, -0.05) is 61.4 Å². The van der Waals surface area contributed by atoms with E-state index in [0.717, 1.165) is 11.1 Å². The third-order valence-corrected chi connectivity index (χ3v) is 9.11. The van der Waals surface area contributed by atoms with Crippen LogP contribution >= 0.6 is 0 Å². The minimum atomic E-state index is -3.40. The minimum Gasteiger partial charge on any atom is -0.227 e. The van der Waals surface area contributed by atoms with Gasteiger partial charge < -0.3 is 0 Å². The summed E-state index contributed by atoms with van der Waals surface area (Å²) in [6.45, 7) is 11.8. The van der Waals surface area contributed by atoms with Crippen LogP contribution in [0.5, 0.6) is 0 Å². The van der Waals surface area contributed by atoms with Gasteiger partial charge in [0.2, 0.25) is 0 Å². The molecule has 0 amide bonds. The van der Waals surface area contributed by atoms with Gasteiger partial charge in [-0.05, 0) is 39.5 Å². The Morgan fingerprint density at radius 3 is 1.52 bits per heavy atom. The predicted octanol–water partition coefficient (Wildman–Crippen LogP) is 4.22. The van der Waals surface area contributed by atoms with Gasteiger partial charge in [-0.15, -0.1) is 0 Å². The summed E-state index contributed by atoms with van der Waals surface area (Å²) in [5, 5.41) is 0. The van der Waals surface area contributed by atoms with Crippen molar-refractivity contribution in [2.24, 2.45) is 11.8 Å². The fourth-order valence-corrected chi connectivity index (χ4v) is 6.15. The van der Waals surface area contributed by atoms with Gasteiger partial charge in [0, 0.05) is 0 Å². The Bertz CT molecular complexity index is 611. The molecule has 0 aromatic carbocycles. The Morgan fingerprint density at radius 1 is 0.857 bits per heavy atom. The van der Waals surface area contributed by atoms with E-state index in [-0.39, 0.29) is 11.8 Å². The van der Waals surface area contributed by atoms with Crippen LogP contribution in [-0.4, -0.2) is 17.9 Å². The maximum Gasteiger partial charge on any atom is 0.169 e. The van der Waals surface area contributed by atoms with E-state index in [1.165, 1.54) is 0 Å². The number of rotatable bonds is 2. The van der Waals surface area contributed by atoms with E-state index in [0.29, 0.717) is 0 Å². The first-order valence-corrected chi connectivity index (χ1v) is 9.02. The van der Waals surface area contributed by atoms with Crippen LogP contribution in [0.1, 0.15) is 41.5 Å². The molecule has 0 N–H and O–H groups in total. The van der Waals surface area contributed by atoms with Gasteiger partial charge in [-0.3, -0.25) is 0 Å². The quantitative estimate of drug-likeness (QED) is 0.765. The van der Waals surface area contributed by atoms with Gasteiger partial charge in [-0.2, -0.15) is 0 Å². The second kappa shape index (κ2) is 4.98. The summed E-state index contributed by atoms with van der Waals surface area (Å²) < 4.78 is 25.3. The standard InChI is InChI=1S/C18H26O2S/c1-13-9-7-11-17(5,15(13)3)21(19,20)18(6)12-8-10-14(2)16(18)4/h7-12,15-16H,1-6H3. The van der Waals surface area contributed by atoms with E-state index in [4.69, 9.17) is 0 Å². The summed E-state index contributed by atoms with van der Waals surface area (Å²) in [6.07, 6.45) is 11.5. The fourth-order valence-electron chi connectivity index (χ4n) is 3.38. The second-order valence-electron chi connectivity index (χ2n) is 6.85. The molecule has 0 saturated carbocycles. The predicted molar refractivity (Wildman–Crippen MR) is 89.9 cm³/mol. The third kappa shape index (κ3) is 2.09. The van der Waals surface area contributed by atoms with E-state index in [9.17, 15) is 8.42 Å². The van der Waals surface area contributed by atoms with Gasteiger partial charge >= 0.3 is 0 Å². The van der Waals surface area contributed by atoms with Crippen LogP contribution in [0.3, 0.4) is 0 Å². The summed E-state index contributed by atoms with van der Waals surface area (Å²) in [5.74, 6) is -0.0349. The molecule has 0 aliphatic heterocycles. The summed E-state index contributed by atoms with van der Waals surface area (Å²) >= 11 is 0. The van der Waals surface area contributed by atoms with E-state index >= 15 is 0 Å². The molecular weight excluding hydrogens is 280 g/mol. The molecule has 0 fully saturated rings. The van der Waals surface area contributed by atoms with Gasteiger partial charge in [-0.25, -0.2) is 8.42 Å². The zero-order valence-corrected chi connectivity index (χ0v) is 14.7. The van der Waals surface area contributed by atoms with Crippen molar-refractivity contribution < 1.29 is 8.42 Å². The zero-order valence-electron chi connectivity index (χ0n) is 13.8. The van der Waals surface area contributed by atoms with Crippen molar-refractivity contribution in [3.05, 3.63) is 47.6 Å². The lowest BCUT2D eigenvalue weighted by atomic mass is 9.84. The van der Waals surface area contributed by atoms with Crippen LogP contribution in [0, 0.1) is 11.8 Å². The molecule has 2 nitrogen and oxygen atoms in total. The van der Waals surface area contributed by atoms with Crippen molar-refractivity contribution in [3.63, 3.8) is 0 Å². The highest BCUT2D eigenvalue weighted by atomic mass is 32.2. The second-order valence-corrected chi connectivity index (χ2v) is 9.62. The molecule has 116 valence electrons. The highest BCUT2D eigenvalue weighted by molar-refractivity contribution is 7.94. The van der Waals surface area contributed by atoms with Crippen molar-refractivity contribution in [3.8, 4) is 0 Å².